The van der Waals surface area contributed by atoms with Crippen LogP contribution in [-0.2, 0) is 0 Å². The minimum atomic E-state index is 0.0938. The van der Waals surface area contributed by atoms with Crippen LogP contribution >= 0.6 is 0 Å². The molecule has 2 amide bonds. The fraction of sp³-hybridized carbons (Fsp3) is 0.444. The van der Waals surface area contributed by atoms with Crippen LogP contribution in [0.25, 0.3) is 10.8 Å². The first-order valence-corrected chi connectivity index (χ1v) is 12.2. The summed E-state index contributed by atoms with van der Waals surface area (Å²) in [5.41, 5.74) is 3.55. The summed E-state index contributed by atoms with van der Waals surface area (Å²) in [6.45, 7) is 7.51. The van der Waals surface area contributed by atoms with Crippen LogP contribution in [0.15, 0.2) is 48.8 Å². The van der Waals surface area contributed by atoms with Crippen molar-refractivity contribution in [3.63, 3.8) is 0 Å². The van der Waals surface area contributed by atoms with Gasteiger partial charge in [-0.1, -0.05) is 18.2 Å². The highest BCUT2D eigenvalue weighted by Gasteiger charge is 2.34. The predicted octanol–water partition coefficient (Wildman–Crippen LogP) is 4.80. The molecule has 1 atom stereocenters. The molecule has 3 aromatic rings. The lowest BCUT2D eigenvalue weighted by molar-refractivity contribution is 0.183. The lowest BCUT2D eigenvalue weighted by atomic mass is 9.89. The Balaban J connectivity index is 1.43. The molecular formula is C27H33N5O. The quantitative estimate of drug-likeness (QED) is 0.631. The molecule has 2 fully saturated rings. The number of likely N-dealkylation sites (tertiary alicyclic amines) is 1. The SMILES string of the molecule is Cc1cc(C2CCN(C(=O)N(c3nccc4cccc(C)c34)[C@@H]3CCCNC3)CC2)ccn1. The highest BCUT2D eigenvalue weighted by Crippen LogP contribution is 2.33. The van der Waals surface area contributed by atoms with Crippen molar-refractivity contribution in [1.82, 2.24) is 20.2 Å². The summed E-state index contributed by atoms with van der Waals surface area (Å²) < 4.78 is 0. The maximum Gasteiger partial charge on any atom is 0.325 e. The molecule has 0 radical (unpaired) electrons. The number of nitrogens with zero attached hydrogens (tertiary/aromatic N) is 4. The second kappa shape index (κ2) is 9.48. The average Bonchev–Trinajstić information content (AvgIpc) is 2.85. The number of anilines is 1. The molecule has 5 rings (SSSR count). The van der Waals surface area contributed by atoms with Gasteiger partial charge in [-0.15, -0.1) is 0 Å². The summed E-state index contributed by atoms with van der Waals surface area (Å²) >= 11 is 0. The van der Waals surface area contributed by atoms with Crippen LogP contribution < -0.4 is 10.2 Å². The normalized spacial score (nSPS) is 19.6. The molecule has 2 aromatic heterocycles. The van der Waals surface area contributed by atoms with Gasteiger partial charge >= 0.3 is 6.03 Å². The maximum atomic E-state index is 14.0. The number of piperidine rings is 2. The van der Waals surface area contributed by atoms with Gasteiger partial charge in [-0.3, -0.25) is 9.88 Å². The summed E-state index contributed by atoms with van der Waals surface area (Å²) in [6.07, 6.45) is 7.76. The Bertz CT molecular complexity index is 1130. The number of benzene rings is 1. The van der Waals surface area contributed by atoms with Gasteiger partial charge in [-0.05, 0) is 86.7 Å². The van der Waals surface area contributed by atoms with Gasteiger partial charge in [0, 0.05) is 43.1 Å². The molecule has 2 aliphatic heterocycles. The Morgan fingerprint density at radius 3 is 2.64 bits per heavy atom. The number of hydrogen-bond acceptors (Lipinski definition) is 4. The highest BCUT2D eigenvalue weighted by molar-refractivity contribution is 6.03. The molecule has 1 N–H and O–H groups in total. The summed E-state index contributed by atoms with van der Waals surface area (Å²) in [6, 6.07) is 12.8. The molecule has 0 aliphatic carbocycles. The Kier molecular flexibility index (Phi) is 6.27. The summed E-state index contributed by atoms with van der Waals surface area (Å²) in [5.74, 6) is 1.29. The van der Waals surface area contributed by atoms with E-state index in [0.29, 0.717) is 5.92 Å². The van der Waals surface area contributed by atoms with E-state index in [1.165, 1.54) is 5.56 Å². The average molecular weight is 444 g/mol. The Hall–Kier alpha value is -2.99. The minimum Gasteiger partial charge on any atom is -0.324 e. The lowest BCUT2D eigenvalue weighted by Gasteiger charge is -2.40. The van der Waals surface area contributed by atoms with Crippen LogP contribution in [0.2, 0.25) is 0 Å². The standard InChI is InChI=1S/C27H33N5O/c1-19-5-3-6-22-8-14-30-26(25(19)22)32(24-7-4-12-28-18-24)27(33)31-15-10-21(11-16-31)23-9-13-29-20(2)17-23/h3,5-6,8-9,13-14,17,21,24,28H,4,7,10-12,15-16,18H2,1-2H3/t24-/m1/s1. The topological polar surface area (TPSA) is 61.4 Å². The Morgan fingerprint density at radius 2 is 1.88 bits per heavy atom. The van der Waals surface area contributed by atoms with E-state index < -0.39 is 0 Å². The molecule has 4 heterocycles. The minimum absolute atomic E-state index is 0.0938. The van der Waals surface area contributed by atoms with Crippen LogP contribution in [0.4, 0.5) is 10.6 Å². The van der Waals surface area contributed by atoms with Gasteiger partial charge in [0.1, 0.15) is 5.82 Å². The van der Waals surface area contributed by atoms with Crippen molar-refractivity contribution < 1.29 is 4.79 Å². The van der Waals surface area contributed by atoms with Gasteiger partial charge in [0.15, 0.2) is 0 Å². The molecule has 6 heteroatoms. The van der Waals surface area contributed by atoms with Gasteiger partial charge in [-0.25, -0.2) is 9.78 Å². The monoisotopic (exact) mass is 443 g/mol. The number of urea groups is 1. The smallest absolute Gasteiger partial charge is 0.324 e. The molecule has 2 aliphatic rings. The molecule has 0 bridgehead atoms. The first-order chi connectivity index (χ1) is 16.1. The van der Waals surface area contributed by atoms with Crippen molar-refractivity contribution in [3.05, 3.63) is 65.6 Å². The summed E-state index contributed by atoms with van der Waals surface area (Å²) in [5, 5.41) is 5.71. The van der Waals surface area contributed by atoms with Crippen molar-refractivity contribution in [3.8, 4) is 0 Å². The van der Waals surface area contributed by atoms with Crippen LogP contribution in [-0.4, -0.2) is 53.1 Å². The van der Waals surface area contributed by atoms with Crippen molar-refractivity contribution in [1.29, 1.82) is 0 Å². The molecule has 172 valence electrons. The van der Waals surface area contributed by atoms with Gasteiger partial charge < -0.3 is 10.2 Å². The van der Waals surface area contributed by atoms with E-state index in [1.54, 1.807) is 0 Å². The molecular weight excluding hydrogens is 410 g/mol. The molecule has 0 spiro atoms. The number of nitrogens with one attached hydrogen (secondary N) is 1. The molecule has 0 unspecified atom stereocenters. The third-order valence-electron chi connectivity index (χ3n) is 7.21. The van der Waals surface area contributed by atoms with Gasteiger partial charge in [0.25, 0.3) is 0 Å². The number of aromatic nitrogens is 2. The van der Waals surface area contributed by atoms with E-state index in [-0.39, 0.29) is 12.1 Å². The van der Waals surface area contributed by atoms with Crippen LogP contribution in [0, 0.1) is 13.8 Å². The second-order valence-electron chi connectivity index (χ2n) is 9.45. The zero-order chi connectivity index (χ0) is 22.8. The Labute approximate surface area is 196 Å². The fourth-order valence-electron chi connectivity index (χ4n) is 5.42. The fourth-order valence-corrected chi connectivity index (χ4v) is 5.42. The summed E-state index contributed by atoms with van der Waals surface area (Å²) in [4.78, 5) is 27.2. The molecule has 6 nitrogen and oxygen atoms in total. The number of amides is 2. The van der Waals surface area contributed by atoms with Gasteiger partial charge in [-0.2, -0.15) is 0 Å². The van der Waals surface area contributed by atoms with Gasteiger partial charge in [0.2, 0.25) is 0 Å². The van der Waals surface area contributed by atoms with Crippen LogP contribution in [0.1, 0.15) is 48.4 Å². The number of carbonyl (C=O) groups excluding carboxylic acids is 1. The summed E-state index contributed by atoms with van der Waals surface area (Å²) in [7, 11) is 0. The number of fused-ring (bicyclic) bond motifs is 1. The first-order valence-electron chi connectivity index (χ1n) is 12.2. The van der Waals surface area contributed by atoms with Crippen molar-refractivity contribution >= 4 is 22.6 Å². The van der Waals surface area contributed by atoms with E-state index in [4.69, 9.17) is 4.98 Å². The number of aryl methyl sites for hydroxylation is 2. The first kappa shape index (κ1) is 21.8. The van der Waals surface area contributed by atoms with E-state index in [0.717, 1.165) is 79.7 Å². The zero-order valence-corrected chi connectivity index (χ0v) is 19.6. The molecule has 33 heavy (non-hydrogen) atoms. The Morgan fingerprint density at radius 1 is 1.06 bits per heavy atom. The second-order valence-corrected chi connectivity index (χ2v) is 9.45. The number of hydrogen-bond donors (Lipinski definition) is 1. The van der Waals surface area contributed by atoms with Crippen molar-refractivity contribution in [2.45, 2.75) is 51.5 Å². The zero-order valence-electron chi connectivity index (χ0n) is 19.6. The van der Waals surface area contributed by atoms with Crippen molar-refractivity contribution in [2.24, 2.45) is 0 Å². The number of carbonyl (C=O) groups is 1. The van der Waals surface area contributed by atoms with E-state index in [2.05, 4.69) is 47.6 Å². The van der Waals surface area contributed by atoms with E-state index in [9.17, 15) is 4.79 Å². The highest BCUT2D eigenvalue weighted by atomic mass is 16.2. The number of pyridine rings is 2. The van der Waals surface area contributed by atoms with Crippen molar-refractivity contribution in [2.75, 3.05) is 31.1 Å². The third-order valence-corrected chi connectivity index (χ3v) is 7.21. The largest absolute Gasteiger partial charge is 0.325 e. The van der Waals surface area contributed by atoms with E-state index in [1.807, 2.05) is 35.2 Å². The van der Waals surface area contributed by atoms with Gasteiger partial charge in [0.05, 0.1) is 6.04 Å². The molecule has 0 saturated carbocycles. The third kappa shape index (κ3) is 4.44. The molecule has 1 aromatic carbocycles. The van der Waals surface area contributed by atoms with E-state index >= 15 is 0 Å². The lowest BCUT2D eigenvalue weighted by Crippen LogP contribution is -2.55. The van der Waals surface area contributed by atoms with Crippen LogP contribution in [0.3, 0.4) is 0 Å². The maximum absolute atomic E-state index is 14.0. The predicted molar refractivity (Wildman–Crippen MR) is 133 cm³/mol. The van der Waals surface area contributed by atoms with Crippen LogP contribution in [0.5, 0.6) is 0 Å². The molecule has 2 saturated heterocycles. The number of rotatable bonds is 3.